The molecule has 4 nitrogen and oxygen atoms in total. The molecule has 0 saturated carbocycles. The summed E-state index contributed by atoms with van der Waals surface area (Å²) in [6.07, 6.45) is 8.84. The Morgan fingerprint density at radius 1 is 1.36 bits per heavy atom. The van der Waals surface area contributed by atoms with Crippen LogP contribution in [0.25, 0.3) is 0 Å². The van der Waals surface area contributed by atoms with Crippen molar-refractivity contribution in [2.75, 3.05) is 13.7 Å². The second-order valence-electron chi connectivity index (χ2n) is 7.72. The zero-order valence-corrected chi connectivity index (χ0v) is 15.9. The molecule has 1 saturated heterocycles. The zero-order valence-electron chi connectivity index (χ0n) is 15.9. The summed E-state index contributed by atoms with van der Waals surface area (Å²) in [5.41, 5.74) is 2.86. The lowest BCUT2D eigenvalue weighted by molar-refractivity contribution is -0.149. The van der Waals surface area contributed by atoms with E-state index in [2.05, 4.69) is 12.7 Å². The third-order valence-electron chi connectivity index (χ3n) is 5.24. The van der Waals surface area contributed by atoms with Gasteiger partial charge in [-0.1, -0.05) is 42.0 Å². The Kier molecular flexibility index (Phi) is 6.80. The van der Waals surface area contributed by atoms with Gasteiger partial charge in [0, 0.05) is 13.0 Å². The van der Waals surface area contributed by atoms with E-state index in [4.69, 9.17) is 9.47 Å². The van der Waals surface area contributed by atoms with Gasteiger partial charge in [0.2, 0.25) is 0 Å². The first-order chi connectivity index (χ1) is 11.7. The Morgan fingerprint density at radius 3 is 2.76 bits per heavy atom. The molecule has 0 amide bonds. The predicted octanol–water partition coefficient (Wildman–Crippen LogP) is 3.52. The Bertz CT molecular complexity index is 570. The van der Waals surface area contributed by atoms with E-state index in [0.717, 1.165) is 24.0 Å². The van der Waals surface area contributed by atoms with Crippen molar-refractivity contribution in [1.29, 1.82) is 0 Å². The molecule has 1 aliphatic heterocycles. The molecule has 0 aromatic carbocycles. The van der Waals surface area contributed by atoms with Crippen LogP contribution in [0, 0.1) is 11.8 Å². The van der Waals surface area contributed by atoms with Gasteiger partial charge in [-0.3, -0.25) is 0 Å². The van der Waals surface area contributed by atoms with Crippen LogP contribution in [0.3, 0.4) is 0 Å². The molecular weight excluding hydrogens is 316 g/mol. The summed E-state index contributed by atoms with van der Waals surface area (Å²) in [6.45, 7) is 10.6. The lowest BCUT2D eigenvalue weighted by Gasteiger charge is -2.38. The van der Waals surface area contributed by atoms with Crippen LogP contribution >= 0.6 is 0 Å². The van der Waals surface area contributed by atoms with Crippen molar-refractivity contribution in [2.45, 2.75) is 58.0 Å². The summed E-state index contributed by atoms with van der Waals surface area (Å²) in [5.74, 6) is -0.0157. The van der Waals surface area contributed by atoms with Crippen molar-refractivity contribution in [2.24, 2.45) is 11.8 Å². The molecule has 4 heteroatoms. The largest absolute Gasteiger partial charge is 0.389 e. The number of aliphatic hydroxyl groups excluding tert-OH is 2. The maximum absolute atomic E-state index is 10.4. The fourth-order valence-electron chi connectivity index (χ4n) is 3.57. The van der Waals surface area contributed by atoms with Crippen LogP contribution in [0.15, 0.2) is 47.6 Å². The summed E-state index contributed by atoms with van der Waals surface area (Å²) in [7, 11) is 1.69. The second kappa shape index (κ2) is 8.45. The van der Waals surface area contributed by atoms with Crippen molar-refractivity contribution < 1.29 is 19.7 Å². The van der Waals surface area contributed by atoms with Gasteiger partial charge in [-0.05, 0) is 51.5 Å². The minimum absolute atomic E-state index is 0.167. The maximum atomic E-state index is 10.4. The average Bonchev–Trinajstić information content (AvgIpc) is 2.58. The lowest BCUT2D eigenvalue weighted by Crippen LogP contribution is -2.39. The maximum Gasteiger partial charge on any atom is 0.162 e. The average molecular weight is 348 g/mol. The van der Waals surface area contributed by atoms with E-state index >= 15 is 0 Å². The molecule has 2 rings (SSSR count). The van der Waals surface area contributed by atoms with E-state index in [9.17, 15) is 10.2 Å². The molecule has 25 heavy (non-hydrogen) atoms. The summed E-state index contributed by atoms with van der Waals surface area (Å²) < 4.78 is 11.0. The van der Waals surface area contributed by atoms with E-state index in [0.29, 0.717) is 13.0 Å². The molecule has 1 aliphatic carbocycles. The third kappa shape index (κ3) is 5.38. The highest BCUT2D eigenvalue weighted by atomic mass is 16.6. The van der Waals surface area contributed by atoms with Gasteiger partial charge < -0.3 is 19.7 Å². The molecule has 140 valence electrons. The number of ether oxygens (including phenoxy) is 2. The first-order valence-electron chi connectivity index (χ1n) is 8.99. The van der Waals surface area contributed by atoms with Crippen molar-refractivity contribution in [3.63, 3.8) is 0 Å². The first-order valence-corrected chi connectivity index (χ1v) is 8.99. The summed E-state index contributed by atoms with van der Waals surface area (Å²) in [5, 5.41) is 20.6. The lowest BCUT2D eigenvalue weighted by atomic mass is 9.75. The number of allylic oxidation sites excluding steroid dienone is 3. The van der Waals surface area contributed by atoms with Gasteiger partial charge in [0.1, 0.15) is 0 Å². The van der Waals surface area contributed by atoms with Crippen LogP contribution in [0.5, 0.6) is 0 Å². The molecule has 0 aromatic rings. The van der Waals surface area contributed by atoms with Gasteiger partial charge in [0.15, 0.2) is 6.29 Å². The predicted molar refractivity (Wildman–Crippen MR) is 100 cm³/mol. The first kappa shape index (κ1) is 20.1. The zero-order chi connectivity index (χ0) is 18.6. The SMILES string of the molecule is C=C1CC(O)C=C(C)CCC2C(=CC=CC(C)(C)OC)COC(O)C12. The van der Waals surface area contributed by atoms with Crippen LogP contribution < -0.4 is 0 Å². The highest BCUT2D eigenvalue weighted by Crippen LogP contribution is 2.40. The van der Waals surface area contributed by atoms with Crippen molar-refractivity contribution >= 4 is 0 Å². The standard InChI is InChI=1S/C21H32O4/c1-14-8-9-18-16(7-6-10-21(3,4)24-5)13-25-20(23)19(18)15(2)12-17(22)11-14/h6-7,10-11,17-20,22-23H,2,8-9,12-13H2,1,3-5H3. The Labute approximate surface area is 151 Å². The number of fused-ring (bicyclic) bond motifs is 1. The number of methoxy groups -OCH3 is 1. The van der Waals surface area contributed by atoms with E-state index in [1.807, 2.05) is 39.0 Å². The van der Waals surface area contributed by atoms with E-state index in [1.54, 1.807) is 7.11 Å². The van der Waals surface area contributed by atoms with Gasteiger partial charge >= 0.3 is 0 Å². The van der Waals surface area contributed by atoms with Gasteiger partial charge in [-0.15, -0.1) is 0 Å². The van der Waals surface area contributed by atoms with Gasteiger partial charge in [0.05, 0.1) is 18.3 Å². The molecule has 4 unspecified atom stereocenters. The summed E-state index contributed by atoms with van der Waals surface area (Å²) in [6, 6.07) is 0. The van der Waals surface area contributed by atoms with Crippen LogP contribution in [-0.2, 0) is 9.47 Å². The topological polar surface area (TPSA) is 58.9 Å². The summed E-state index contributed by atoms with van der Waals surface area (Å²) in [4.78, 5) is 0. The Hall–Kier alpha value is -1.20. The molecular formula is C21H32O4. The molecule has 1 heterocycles. The molecule has 0 bridgehead atoms. The van der Waals surface area contributed by atoms with E-state index in [-0.39, 0.29) is 17.4 Å². The molecule has 1 fully saturated rings. The molecule has 0 radical (unpaired) electrons. The monoisotopic (exact) mass is 348 g/mol. The summed E-state index contributed by atoms with van der Waals surface area (Å²) >= 11 is 0. The van der Waals surface area contributed by atoms with E-state index < -0.39 is 12.4 Å². The van der Waals surface area contributed by atoms with Crippen LogP contribution in [-0.4, -0.2) is 41.9 Å². The van der Waals surface area contributed by atoms with Gasteiger partial charge in [0.25, 0.3) is 0 Å². The fourth-order valence-corrected chi connectivity index (χ4v) is 3.57. The molecule has 0 aromatic heterocycles. The van der Waals surface area contributed by atoms with Crippen LogP contribution in [0.2, 0.25) is 0 Å². The van der Waals surface area contributed by atoms with Gasteiger partial charge in [-0.25, -0.2) is 0 Å². The quantitative estimate of drug-likeness (QED) is 0.766. The minimum atomic E-state index is -0.861. The Balaban J connectivity index is 2.28. The highest BCUT2D eigenvalue weighted by Gasteiger charge is 2.38. The van der Waals surface area contributed by atoms with Crippen molar-refractivity contribution in [3.8, 4) is 0 Å². The molecule has 2 aliphatic rings. The second-order valence-corrected chi connectivity index (χ2v) is 7.72. The van der Waals surface area contributed by atoms with E-state index in [1.165, 1.54) is 5.57 Å². The number of aliphatic hydroxyl groups is 2. The number of hydrogen-bond acceptors (Lipinski definition) is 4. The van der Waals surface area contributed by atoms with Gasteiger partial charge in [-0.2, -0.15) is 0 Å². The Morgan fingerprint density at radius 2 is 2.08 bits per heavy atom. The minimum Gasteiger partial charge on any atom is -0.389 e. The highest BCUT2D eigenvalue weighted by molar-refractivity contribution is 5.25. The normalized spacial score (nSPS) is 33.6. The van der Waals surface area contributed by atoms with Crippen LogP contribution in [0.4, 0.5) is 0 Å². The number of hydrogen-bond donors (Lipinski definition) is 2. The smallest absolute Gasteiger partial charge is 0.162 e. The molecule has 2 N–H and O–H groups in total. The van der Waals surface area contributed by atoms with Crippen molar-refractivity contribution in [3.05, 3.63) is 47.6 Å². The third-order valence-corrected chi connectivity index (χ3v) is 5.24. The van der Waals surface area contributed by atoms with Crippen molar-refractivity contribution in [1.82, 2.24) is 0 Å². The number of rotatable bonds is 3. The van der Waals surface area contributed by atoms with Crippen LogP contribution in [0.1, 0.15) is 40.0 Å². The molecule has 4 atom stereocenters. The molecule has 0 spiro atoms. The fraction of sp³-hybridized carbons (Fsp3) is 0.619.